The molecule has 0 saturated heterocycles. The monoisotopic (exact) mass is 287 g/mol. The fourth-order valence-electron chi connectivity index (χ4n) is 2.07. The van der Waals surface area contributed by atoms with E-state index in [1.165, 1.54) is 21.6 Å². The number of nitrogens with zero attached hydrogens (tertiary/aromatic N) is 2. The van der Waals surface area contributed by atoms with Crippen molar-refractivity contribution in [3.8, 4) is 0 Å². The average molecular weight is 287 g/mol. The van der Waals surface area contributed by atoms with Crippen molar-refractivity contribution in [1.82, 2.24) is 9.97 Å². The Hall–Kier alpha value is -1.55. The molecule has 1 heterocycles. The van der Waals surface area contributed by atoms with Crippen molar-refractivity contribution >= 4 is 17.6 Å². The van der Waals surface area contributed by atoms with E-state index in [0.29, 0.717) is 5.92 Å². The van der Waals surface area contributed by atoms with E-state index in [1.807, 2.05) is 7.05 Å². The molecule has 1 aromatic heterocycles. The Labute approximate surface area is 125 Å². The van der Waals surface area contributed by atoms with Crippen LogP contribution in [0.15, 0.2) is 34.4 Å². The van der Waals surface area contributed by atoms with Gasteiger partial charge in [0.25, 0.3) is 0 Å². The van der Waals surface area contributed by atoms with Gasteiger partial charge in [-0.15, -0.1) is 0 Å². The molecule has 1 N–H and O–H groups in total. The number of rotatable bonds is 4. The molecule has 20 heavy (non-hydrogen) atoms. The second kappa shape index (κ2) is 6.27. The Kier molecular flexibility index (Phi) is 4.65. The second-order valence-electron chi connectivity index (χ2n) is 5.19. The van der Waals surface area contributed by atoms with Gasteiger partial charge in [-0.05, 0) is 43.0 Å². The fourth-order valence-corrected chi connectivity index (χ4v) is 3.21. The molecule has 0 fully saturated rings. The lowest BCUT2D eigenvalue weighted by molar-refractivity contribution is 0.806. The minimum Gasteiger partial charge on any atom is -0.373 e. The number of benzene rings is 1. The maximum absolute atomic E-state index is 4.47. The summed E-state index contributed by atoms with van der Waals surface area (Å²) in [6.07, 6.45) is 1.63. The highest BCUT2D eigenvalue weighted by molar-refractivity contribution is 7.99. The van der Waals surface area contributed by atoms with Gasteiger partial charge in [-0.3, -0.25) is 0 Å². The van der Waals surface area contributed by atoms with E-state index in [2.05, 4.69) is 61.2 Å². The van der Waals surface area contributed by atoms with Gasteiger partial charge >= 0.3 is 0 Å². The molecule has 3 nitrogen and oxygen atoms in total. The van der Waals surface area contributed by atoms with Crippen molar-refractivity contribution in [2.24, 2.45) is 0 Å². The standard InChI is InChI=1S/C16H21N3S/c1-10(2)14-15(17-5)18-9-19-16(14)20-13-7-6-11(3)12(4)8-13/h6-10H,1-5H3,(H,17,18,19). The molecule has 4 heteroatoms. The molecule has 0 amide bonds. The Morgan fingerprint density at radius 3 is 2.45 bits per heavy atom. The Bertz CT molecular complexity index is 609. The molecule has 0 atom stereocenters. The molecular weight excluding hydrogens is 266 g/mol. The van der Waals surface area contributed by atoms with Gasteiger partial charge in [0.05, 0.1) is 0 Å². The van der Waals surface area contributed by atoms with Crippen LogP contribution in [-0.4, -0.2) is 17.0 Å². The van der Waals surface area contributed by atoms with E-state index >= 15 is 0 Å². The number of hydrogen-bond acceptors (Lipinski definition) is 4. The topological polar surface area (TPSA) is 37.8 Å². The number of hydrogen-bond donors (Lipinski definition) is 1. The Balaban J connectivity index is 2.40. The minimum atomic E-state index is 0.382. The number of aryl methyl sites for hydroxylation is 2. The first-order chi connectivity index (χ1) is 9.52. The fraction of sp³-hybridized carbons (Fsp3) is 0.375. The van der Waals surface area contributed by atoms with Crippen LogP contribution in [0.1, 0.15) is 36.5 Å². The molecule has 0 unspecified atom stereocenters. The minimum absolute atomic E-state index is 0.382. The summed E-state index contributed by atoms with van der Waals surface area (Å²) in [7, 11) is 1.90. The van der Waals surface area contributed by atoms with Crippen LogP contribution in [-0.2, 0) is 0 Å². The lowest BCUT2D eigenvalue weighted by atomic mass is 10.1. The third-order valence-corrected chi connectivity index (χ3v) is 4.36. The zero-order chi connectivity index (χ0) is 14.7. The maximum Gasteiger partial charge on any atom is 0.133 e. The molecule has 0 aliphatic rings. The van der Waals surface area contributed by atoms with E-state index in [9.17, 15) is 0 Å². The van der Waals surface area contributed by atoms with Crippen molar-refractivity contribution in [3.05, 3.63) is 41.2 Å². The quantitative estimate of drug-likeness (QED) is 0.845. The van der Waals surface area contributed by atoms with Crippen LogP contribution >= 0.6 is 11.8 Å². The van der Waals surface area contributed by atoms with Crippen molar-refractivity contribution in [1.29, 1.82) is 0 Å². The molecular formula is C16H21N3S. The molecule has 0 spiro atoms. The lowest BCUT2D eigenvalue weighted by Gasteiger charge is -2.15. The third-order valence-electron chi connectivity index (χ3n) is 3.35. The van der Waals surface area contributed by atoms with Crippen molar-refractivity contribution in [3.63, 3.8) is 0 Å². The van der Waals surface area contributed by atoms with Crippen LogP contribution in [0.5, 0.6) is 0 Å². The number of nitrogens with one attached hydrogen (secondary N) is 1. The summed E-state index contributed by atoms with van der Waals surface area (Å²) in [5.74, 6) is 1.30. The van der Waals surface area contributed by atoms with E-state index < -0.39 is 0 Å². The first kappa shape index (κ1) is 14.9. The highest BCUT2D eigenvalue weighted by atomic mass is 32.2. The van der Waals surface area contributed by atoms with Crippen LogP contribution in [0.2, 0.25) is 0 Å². The number of anilines is 1. The lowest BCUT2D eigenvalue weighted by Crippen LogP contribution is -2.03. The van der Waals surface area contributed by atoms with Crippen LogP contribution in [0.3, 0.4) is 0 Å². The Morgan fingerprint density at radius 1 is 1.10 bits per heavy atom. The zero-order valence-corrected chi connectivity index (χ0v) is 13.5. The molecule has 1 aromatic carbocycles. The first-order valence-electron chi connectivity index (χ1n) is 6.80. The van der Waals surface area contributed by atoms with Crippen LogP contribution in [0.25, 0.3) is 0 Å². The van der Waals surface area contributed by atoms with Gasteiger partial charge in [0.2, 0.25) is 0 Å². The van der Waals surface area contributed by atoms with Gasteiger partial charge in [-0.1, -0.05) is 31.7 Å². The smallest absolute Gasteiger partial charge is 0.133 e. The van der Waals surface area contributed by atoms with Gasteiger partial charge in [0.15, 0.2) is 0 Å². The molecule has 2 aromatic rings. The van der Waals surface area contributed by atoms with Gasteiger partial charge in [0, 0.05) is 17.5 Å². The molecule has 0 bridgehead atoms. The van der Waals surface area contributed by atoms with Gasteiger partial charge in [0.1, 0.15) is 17.2 Å². The zero-order valence-electron chi connectivity index (χ0n) is 12.7. The summed E-state index contributed by atoms with van der Waals surface area (Å²) in [6.45, 7) is 8.61. The van der Waals surface area contributed by atoms with Gasteiger partial charge in [-0.25, -0.2) is 9.97 Å². The highest BCUT2D eigenvalue weighted by Gasteiger charge is 2.15. The predicted octanol–water partition coefficient (Wildman–Crippen LogP) is 4.41. The predicted molar refractivity (Wildman–Crippen MR) is 85.7 cm³/mol. The summed E-state index contributed by atoms with van der Waals surface area (Å²) >= 11 is 1.70. The van der Waals surface area contributed by atoms with Crippen LogP contribution < -0.4 is 5.32 Å². The van der Waals surface area contributed by atoms with Crippen LogP contribution in [0.4, 0.5) is 5.82 Å². The Morgan fingerprint density at radius 2 is 1.85 bits per heavy atom. The summed E-state index contributed by atoms with van der Waals surface area (Å²) in [5.41, 5.74) is 3.80. The number of aromatic nitrogens is 2. The summed E-state index contributed by atoms with van der Waals surface area (Å²) in [4.78, 5) is 10.0. The largest absolute Gasteiger partial charge is 0.373 e. The molecule has 0 aliphatic carbocycles. The molecule has 0 aliphatic heterocycles. The SMILES string of the molecule is CNc1ncnc(Sc2ccc(C)c(C)c2)c1C(C)C. The molecule has 2 rings (SSSR count). The maximum atomic E-state index is 4.47. The first-order valence-corrected chi connectivity index (χ1v) is 7.62. The molecule has 0 saturated carbocycles. The van der Waals surface area contributed by atoms with Crippen molar-refractivity contribution < 1.29 is 0 Å². The van der Waals surface area contributed by atoms with Crippen LogP contribution in [0, 0.1) is 13.8 Å². The van der Waals surface area contributed by atoms with E-state index in [0.717, 1.165) is 10.8 Å². The highest BCUT2D eigenvalue weighted by Crippen LogP contribution is 2.35. The van der Waals surface area contributed by atoms with Gasteiger partial charge < -0.3 is 5.32 Å². The second-order valence-corrected chi connectivity index (χ2v) is 6.26. The van der Waals surface area contributed by atoms with Gasteiger partial charge in [-0.2, -0.15) is 0 Å². The van der Waals surface area contributed by atoms with Crippen molar-refractivity contribution in [2.75, 3.05) is 12.4 Å². The van der Waals surface area contributed by atoms with Crippen molar-refractivity contribution in [2.45, 2.75) is 43.5 Å². The van der Waals surface area contributed by atoms with E-state index in [1.54, 1.807) is 18.1 Å². The third kappa shape index (κ3) is 3.12. The summed E-state index contributed by atoms with van der Waals surface area (Å²) in [5, 5.41) is 4.19. The van der Waals surface area contributed by atoms with E-state index in [-0.39, 0.29) is 0 Å². The average Bonchev–Trinajstić information content (AvgIpc) is 2.42. The molecule has 0 radical (unpaired) electrons. The van der Waals surface area contributed by atoms with E-state index in [4.69, 9.17) is 0 Å². The summed E-state index contributed by atoms with van der Waals surface area (Å²) < 4.78 is 0. The normalized spacial score (nSPS) is 10.9. The summed E-state index contributed by atoms with van der Waals surface area (Å²) in [6, 6.07) is 6.52. The molecule has 106 valence electrons.